The minimum atomic E-state index is -1.15. The van der Waals surface area contributed by atoms with Gasteiger partial charge in [0, 0.05) is 31.6 Å². The number of piperidine rings is 1. The molecule has 0 atom stereocenters. The normalized spacial score (nSPS) is 19.1. The zero-order valence-electron chi connectivity index (χ0n) is 17.5. The Kier molecular flexibility index (Phi) is 6.10. The van der Waals surface area contributed by atoms with Crippen molar-refractivity contribution in [2.45, 2.75) is 59.2 Å². The number of rotatable bonds is 5. The first-order valence-corrected chi connectivity index (χ1v) is 10.3. The van der Waals surface area contributed by atoms with Gasteiger partial charge in [-0.05, 0) is 37.8 Å². The predicted molar refractivity (Wildman–Crippen MR) is 108 cm³/mol. The van der Waals surface area contributed by atoms with Gasteiger partial charge in [0.05, 0.1) is 13.2 Å². The van der Waals surface area contributed by atoms with Crippen LogP contribution in [-0.2, 0) is 31.9 Å². The molecule has 154 valence electrons. The maximum atomic E-state index is 13.1. The minimum Gasteiger partial charge on any atom is -0.347 e. The fourth-order valence-corrected chi connectivity index (χ4v) is 4.00. The number of anilines is 1. The van der Waals surface area contributed by atoms with Crippen molar-refractivity contribution >= 4 is 17.5 Å². The molecule has 1 spiro atoms. The van der Waals surface area contributed by atoms with Gasteiger partial charge in [-0.2, -0.15) is 0 Å². The van der Waals surface area contributed by atoms with E-state index in [0.717, 1.165) is 29.7 Å². The van der Waals surface area contributed by atoms with Crippen LogP contribution in [0.4, 0.5) is 5.69 Å². The molecule has 28 heavy (non-hydrogen) atoms. The third-order valence-electron chi connectivity index (χ3n) is 5.97. The number of ether oxygens (including phenoxy) is 2. The van der Waals surface area contributed by atoms with Crippen LogP contribution < -0.4 is 5.32 Å². The summed E-state index contributed by atoms with van der Waals surface area (Å²) in [4.78, 5) is 28.0. The largest absolute Gasteiger partial charge is 0.347 e. The van der Waals surface area contributed by atoms with Crippen LogP contribution in [0, 0.1) is 5.41 Å². The number of nitrogens with one attached hydrogen (secondary N) is 1. The van der Waals surface area contributed by atoms with E-state index < -0.39 is 11.2 Å². The molecule has 2 heterocycles. The Morgan fingerprint density at radius 1 is 1.07 bits per heavy atom. The molecule has 0 saturated carbocycles. The smallest absolute Gasteiger partial charge is 0.239 e. The van der Waals surface area contributed by atoms with Crippen LogP contribution in [0.15, 0.2) is 18.2 Å². The molecule has 2 aliphatic heterocycles. The number of aryl methyl sites for hydroxylation is 2. The fourth-order valence-electron chi connectivity index (χ4n) is 4.00. The lowest BCUT2D eigenvalue weighted by Gasteiger charge is -2.40. The van der Waals surface area contributed by atoms with E-state index in [9.17, 15) is 9.59 Å². The Balaban J connectivity index is 1.70. The molecule has 1 N–H and O–H groups in total. The van der Waals surface area contributed by atoms with Gasteiger partial charge in [0.25, 0.3) is 0 Å². The molecule has 1 aromatic rings. The van der Waals surface area contributed by atoms with Gasteiger partial charge in [-0.15, -0.1) is 0 Å². The molecule has 2 amide bonds. The molecular formula is C22H32N2O4. The number of hydrogen-bond donors (Lipinski definition) is 1. The summed E-state index contributed by atoms with van der Waals surface area (Å²) < 4.78 is 11.5. The number of benzene rings is 1. The Hall–Kier alpha value is -1.92. The predicted octanol–water partition coefficient (Wildman–Crippen LogP) is 3.14. The van der Waals surface area contributed by atoms with Crippen LogP contribution in [0.5, 0.6) is 0 Å². The fraction of sp³-hybridized carbons (Fsp3) is 0.636. The van der Waals surface area contributed by atoms with Crippen LogP contribution in [0.2, 0.25) is 0 Å². The zero-order chi connectivity index (χ0) is 20.4. The summed E-state index contributed by atoms with van der Waals surface area (Å²) in [5, 5.41) is 3.05. The minimum absolute atomic E-state index is 0.148. The maximum Gasteiger partial charge on any atom is 0.239 e. The molecule has 3 rings (SSSR count). The molecule has 6 heteroatoms. The molecule has 0 aliphatic carbocycles. The second-order valence-electron chi connectivity index (χ2n) is 8.14. The summed E-state index contributed by atoms with van der Waals surface area (Å²) in [6.07, 6.45) is 2.95. The van der Waals surface area contributed by atoms with Gasteiger partial charge in [-0.3, -0.25) is 9.59 Å². The van der Waals surface area contributed by atoms with Gasteiger partial charge in [-0.25, -0.2) is 0 Å². The number of carbonyl (C=O) groups is 2. The van der Waals surface area contributed by atoms with Gasteiger partial charge in [0.15, 0.2) is 5.79 Å². The maximum absolute atomic E-state index is 13.1. The summed E-state index contributed by atoms with van der Waals surface area (Å²) in [5.41, 5.74) is 1.88. The molecule has 6 nitrogen and oxygen atoms in total. The van der Waals surface area contributed by atoms with E-state index in [0.29, 0.717) is 39.1 Å². The van der Waals surface area contributed by atoms with E-state index in [2.05, 4.69) is 19.2 Å². The van der Waals surface area contributed by atoms with Crippen molar-refractivity contribution in [3.63, 3.8) is 0 Å². The van der Waals surface area contributed by atoms with Crippen LogP contribution >= 0.6 is 0 Å². The standard InChI is InChI=1S/C22H32N2O4/c1-5-16-8-7-9-17(6-2)18(16)23-19(25)21(3,4)20(26)24-12-10-22(11-13-24)27-14-15-28-22/h7-9H,5-6,10-15H2,1-4H3,(H,23,25). The lowest BCUT2D eigenvalue weighted by atomic mass is 9.88. The lowest BCUT2D eigenvalue weighted by molar-refractivity contribution is -0.189. The zero-order valence-corrected chi connectivity index (χ0v) is 17.5. The van der Waals surface area contributed by atoms with Gasteiger partial charge < -0.3 is 19.7 Å². The highest BCUT2D eigenvalue weighted by molar-refractivity contribution is 6.10. The average Bonchev–Trinajstić information content (AvgIpc) is 3.16. The van der Waals surface area contributed by atoms with Crippen LogP contribution in [0.25, 0.3) is 0 Å². The van der Waals surface area contributed by atoms with E-state index in [-0.39, 0.29) is 11.8 Å². The summed E-state index contributed by atoms with van der Waals surface area (Å²) in [6.45, 7) is 9.85. The summed E-state index contributed by atoms with van der Waals surface area (Å²) in [5.74, 6) is -0.939. The highest BCUT2D eigenvalue weighted by atomic mass is 16.7. The second kappa shape index (κ2) is 8.21. The van der Waals surface area contributed by atoms with Crippen molar-refractivity contribution in [1.82, 2.24) is 4.90 Å². The number of nitrogens with zero attached hydrogens (tertiary/aromatic N) is 1. The Morgan fingerprint density at radius 3 is 2.11 bits per heavy atom. The topological polar surface area (TPSA) is 67.9 Å². The summed E-state index contributed by atoms with van der Waals surface area (Å²) in [7, 11) is 0. The van der Waals surface area contributed by atoms with Crippen molar-refractivity contribution in [2.75, 3.05) is 31.6 Å². The number of hydrogen-bond acceptors (Lipinski definition) is 4. The Labute approximate surface area is 167 Å². The quantitative estimate of drug-likeness (QED) is 0.787. The average molecular weight is 389 g/mol. The van der Waals surface area contributed by atoms with Crippen molar-refractivity contribution in [1.29, 1.82) is 0 Å². The number of carbonyl (C=O) groups excluding carboxylic acids is 2. The summed E-state index contributed by atoms with van der Waals surface area (Å²) >= 11 is 0. The molecule has 0 unspecified atom stereocenters. The first-order chi connectivity index (χ1) is 13.3. The van der Waals surface area contributed by atoms with Gasteiger partial charge in [0.1, 0.15) is 5.41 Å². The van der Waals surface area contributed by atoms with Crippen LogP contribution in [0.3, 0.4) is 0 Å². The lowest BCUT2D eigenvalue weighted by Crippen LogP contribution is -2.53. The van der Waals surface area contributed by atoms with Gasteiger partial charge >= 0.3 is 0 Å². The van der Waals surface area contributed by atoms with Gasteiger partial charge in [0.2, 0.25) is 11.8 Å². The van der Waals surface area contributed by atoms with Crippen molar-refractivity contribution in [3.8, 4) is 0 Å². The highest BCUT2D eigenvalue weighted by Crippen LogP contribution is 2.33. The van der Waals surface area contributed by atoms with Crippen molar-refractivity contribution in [3.05, 3.63) is 29.3 Å². The van der Waals surface area contributed by atoms with E-state index >= 15 is 0 Å². The van der Waals surface area contributed by atoms with Crippen LogP contribution in [-0.4, -0.2) is 48.8 Å². The summed E-state index contributed by atoms with van der Waals surface area (Å²) in [6, 6.07) is 6.06. The van der Waals surface area contributed by atoms with E-state index in [4.69, 9.17) is 9.47 Å². The molecular weight excluding hydrogens is 356 g/mol. The SMILES string of the molecule is CCc1cccc(CC)c1NC(=O)C(C)(C)C(=O)N1CCC2(CC1)OCCO2. The first kappa shape index (κ1) is 20.8. The Morgan fingerprint density at radius 2 is 1.61 bits per heavy atom. The van der Waals surface area contributed by atoms with Crippen molar-refractivity contribution in [2.24, 2.45) is 5.41 Å². The highest BCUT2D eigenvalue weighted by Gasteiger charge is 2.45. The molecule has 0 aromatic heterocycles. The monoisotopic (exact) mass is 388 g/mol. The van der Waals surface area contributed by atoms with Crippen molar-refractivity contribution < 1.29 is 19.1 Å². The van der Waals surface area contributed by atoms with E-state index in [1.54, 1.807) is 18.7 Å². The van der Waals surface area contributed by atoms with Crippen LogP contribution in [0.1, 0.15) is 51.7 Å². The molecule has 0 radical (unpaired) electrons. The van der Waals surface area contributed by atoms with E-state index in [1.165, 1.54) is 0 Å². The third kappa shape index (κ3) is 3.94. The molecule has 2 saturated heterocycles. The second-order valence-corrected chi connectivity index (χ2v) is 8.14. The molecule has 2 aliphatic rings. The molecule has 2 fully saturated rings. The van der Waals surface area contributed by atoms with Gasteiger partial charge in [-0.1, -0.05) is 32.0 Å². The van der Waals surface area contributed by atoms with E-state index in [1.807, 2.05) is 18.2 Å². The number of para-hydroxylation sites is 1. The number of amides is 2. The number of likely N-dealkylation sites (tertiary alicyclic amines) is 1. The first-order valence-electron chi connectivity index (χ1n) is 10.3. The molecule has 0 bridgehead atoms. The Bertz CT molecular complexity index is 706. The molecule has 1 aromatic carbocycles. The third-order valence-corrected chi connectivity index (χ3v) is 5.97.